The molecule has 0 amide bonds. The Bertz CT molecular complexity index is 453. The third kappa shape index (κ3) is 2.19. The molecule has 0 spiro atoms. The number of carbonyl (C=O) groups is 1. The lowest BCUT2D eigenvalue weighted by Crippen LogP contribution is -2.51. The Morgan fingerprint density at radius 1 is 1.39 bits per heavy atom. The van der Waals surface area contributed by atoms with E-state index < -0.39 is 5.54 Å². The number of ether oxygens (including phenoxy) is 1. The summed E-state index contributed by atoms with van der Waals surface area (Å²) < 4.78 is 4.95. The van der Waals surface area contributed by atoms with Gasteiger partial charge in [-0.2, -0.15) is 0 Å². The fourth-order valence-corrected chi connectivity index (χ4v) is 2.29. The minimum atomic E-state index is -0.699. The molecule has 4 heteroatoms. The molecule has 1 unspecified atom stereocenters. The normalized spacial score (nSPS) is 19.8. The molecule has 1 aromatic rings. The number of anilines is 1. The van der Waals surface area contributed by atoms with Gasteiger partial charge >= 0.3 is 5.97 Å². The van der Waals surface area contributed by atoms with E-state index in [0.717, 1.165) is 18.5 Å². The van der Waals surface area contributed by atoms with Crippen LogP contribution in [0, 0.1) is 5.41 Å². The first kappa shape index (κ1) is 13.2. The van der Waals surface area contributed by atoms with E-state index in [4.69, 9.17) is 16.3 Å². The summed E-state index contributed by atoms with van der Waals surface area (Å²) in [5, 5.41) is 3.98. The second-order valence-corrected chi connectivity index (χ2v) is 5.75. The van der Waals surface area contributed by atoms with Crippen LogP contribution in [0.4, 0.5) is 5.69 Å². The number of nitrogens with one attached hydrogen (secondary N) is 1. The van der Waals surface area contributed by atoms with Crippen LogP contribution in [0.1, 0.15) is 26.7 Å². The van der Waals surface area contributed by atoms with Crippen molar-refractivity contribution in [2.45, 2.75) is 32.2 Å². The van der Waals surface area contributed by atoms with Gasteiger partial charge in [0.05, 0.1) is 7.11 Å². The monoisotopic (exact) mass is 267 g/mol. The topological polar surface area (TPSA) is 38.3 Å². The Kier molecular flexibility index (Phi) is 3.28. The number of hydrogen-bond acceptors (Lipinski definition) is 3. The average molecular weight is 268 g/mol. The third-order valence-corrected chi connectivity index (χ3v) is 4.29. The highest BCUT2D eigenvalue weighted by atomic mass is 35.5. The van der Waals surface area contributed by atoms with Crippen molar-refractivity contribution >= 4 is 23.3 Å². The van der Waals surface area contributed by atoms with Crippen LogP contribution in [0.2, 0.25) is 5.02 Å². The number of benzene rings is 1. The van der Waals surface area contributed by atoms with E-state index >= 15 is 0 Å². The summed E-state index contributed by atoms with van der Waals surface area (Å²) in [4.78, 5) is 12.1. The van der Waals surface area contributed by atoms with Gasteiger partial charge in [0.1, 0.15) is 5.54 Å². The van der Waals surface area contributed by atoms with E-state index in [1.54, 1.807) is 12.1 Å². The molecule has 1 aliphatic carbocycles. The van der Waals surface area contributed by atoms with Gasteiger partial charge in [0.15, 0.2) is 0 Å². The standard InChI is InChI=1S/C14H18ClNO2/c1-13(8-9-13)14(2,12(17)18-3)16-11-6-4-10(15)5-7-11/h4-7,16H,8-9H2,1-3H3. The van der Waals surface area contributed by atoms with Gasteiger partial charge < -0.3 is 10.1 Å². The average Bonchev–Trinajstić information content (AvgIpc) is 3.10. The highest BCUT2D eigenvalue weighted by Crippen LogP contribution is 2.55. The van der Waals surface area contributed by atoms with Gasteiger partial charge in [-0.25, -0.2) is 4.79 Å². The summed E-state index contributed by atoms with van der Waals surface area (Å²) in [6, 6.07) is 7.35. The van der Waals surface area contributed by atoms with Crippen molar-refractivity contribution in [2.75, 3.05) is 12.4 Å². The minimum Gasteiger partial charge on any atom is -0.467 e. The van der Waals surface area contributed by atoms with Crippen LogP contribution in [-0.4, -0.2) is 18.6 Å². The van der Waals surface area contributed by atoms with Crippen molar-refractivity contribution in [3.63, 3.8) is 0 Å². The molecule has 0 aliphatic heterocycles. The molecule has 0 aromatic heterocycles. The van der Waals surface area contributed by atoms with Gasteiger partial charge in [-0.05, 0) is 44.0 Å². The summed E-state index contributed by atoms with van der Waals surface area (Å²) in [7, 11) is 1.43. The molecule has 1 atom stereocenters. The lowest BCUT2D eigenvalue weighted by atomic mass is 9.83. The van der Waals surface area contributed by atoms with Crippen molar-refractivity contribution in [2.24, 2.45) is 5.41 Å². The maximum Gasteiger partial charge on any atom is 0.331 e. The molecule has 1 N–H and O–H groups in total. The molecule has 1 fully saturated rings. The highest BCUT2D eigenvalue weighted by molar-refractivity contribution is 6.30. The van der Waals surface area contributed by atoms with Crippen molar-refractivity contribution in [1.82, 2.24) is 0 Å². The lowest BCUT2D eigenvalue weighted by molar-refractivity contribution is -0.147. The molecule has 18 heavy (non-hydrogen) atoms. The number of rotatable bonds is 4. The van der Waals surface area contributed by atoms with Crippen molar-refractivity contribution in [3.05, 3.63) is 29.3 Å². The van der Waals surface area contributed by atoms with Crippen LogP contribution in [0.25, 0.3) is 0 Å². The number of halogens is 1. The Balaban J connectivity index is 2.26. The minimum absolute atomic E-state index is 0.0419. The molecule has 0 bridgehead atoms. The van der Waals surface area contributed by atoms with E-state index in [9.17, 15) is 4.79 Å². The Morgan fingerprint density at radius 2 is 1.94 bits per heavy atom. The summed E-state index contributed by atoms with van der Waals surface area (Å²) in [5.74, 6) is -0.225. The summed E-state index contributed by atoms with van der Waals surface area (Å²) in [5.41, 5.74) is 0.135. The molecule has 2 rings (SSSR count). The molecule has 0 saturated heterocycles. The van der Waals surface area contributed by atoms with E-state index in [0.29, 0.717) is 5.02 Å². The third-order valence-electron chi connectivity index (χ3n) is 4.04. The van der Waals surface area contributed by atoms with Gasteiger partial charge in [0.2, 0.25) is 0 Å². The van der Waals surface area contributed by atoms with Crippen LogP contribution >= 0.6 is 11.6 Å². The summed E-state index contributed by atoms with van der Waals surface area (Å²) >= 11 is 5.86. The summed E-state index contributed by atoms with van der Waals surface area (Å²) in [6.45, 7) is 4.01. The van der Waals surface area contributed by atoms with Gasteiger partial charge in [-0.15, -0.1) is 0 Å². The van der Waals surface area contributed by atoms with Crippen LogP contribution in [0.3, 0.4) is 0 Å². The number of methoxy groups -OCH3 is 1. The predicted molar refractivity (Wildman–Crippen MR) is 72.8 cm³/mol. The van der Waals surface area contributed by atoms with Crippen LogP contribution in [0.15, 0.2) is 24.3 Å². The van der Waals surface area contributed by atoms with E-state index in [1.165, 1.54) is 7.11 Å². The van der Waals surface area contributed by atoms with Crippen LogP contribution in [0.5, 0.6) is 0 Å². The van der Waals surface area contributed by atoms with E-state index in [-0.39, 0.29) is 11.4 Å². The van der Waals surface area contributed by atoms with Crippen LogP contribution < -0.4 is 5.32 Å². The van der Waals surface area contributed by atoms with E-state index in [2.05, 4.69) is 12.2 Å². The number of esters is 1. The van der Waals surface area contributed by atoms with Crippen molar-refractivity contribution in [3.8, 4) is 0 Å². The predicted octanol–water partition coefficient (Wildman–Crippen LogP) is 3.48. The molecule has 1 saturated carbocycles. The maximum absolute atomic E-state index is 12.1. The number of carbonyl (C=O) groups excluding carboxylic acids is 1. The molecule has 98 valence electrons. The van der Waals surface area contributed by atoms with Crippen LogP contribution in [-0.2, 0) is 9.53 Å². The van der Waals surface area contributed by atoms with Crippen molar-refractivity contribution < 1.29 is 9.53 Å². The van der Waals surface area contributed by atoms with Crippen molar-refractivity contribution in [1.29, 1.82) is 0 Å². The van der Waals surface area contributed by atoms with Gasteiger partial charge in [-0.3, -0.25) is 0 Å². The summed E-state index contributed by atoms with van der Waals surface area (Å²) in [6.07, 6.45) is 2.05. The molecule has 1 aliphatic rings. The second-order valence-electron chi connectivity index (χ2n) is 5.31. The molecule has 0 radical (unpaired) electrons. The Morgan fingerprint density at radius 3 is 2.39 bits per heavy atom. The zero-order valence-corrected chi connectivity index (χ0v) is 11.7. The molecule has 1 aromatic carbocycles. The van der Waals surface area contributed by atoms with E-state index in [1.807, 2.05) is 19.1 Å². The SMILES string of the molecule is COC(=O)C(C)(Nc1ccc(Cl)cc1)C1(C)CC1. The molecule has 3 nitrogen and oxygen atoms in total. The Labute approximate surface area is 112 Å². The van der Waals surface area contributed by atoms with Gasteiger partial charge in [0.25, 0.3) is 0 Å². The fourth-order valence-electron chi connectivity index (χ4n) is 2.16. The zero-order chi connectivity index (χ0) is 13.4. The first-order chi connectivity index (χ1) is 8.41. The molecular weight excluding hydrogens is 250 g/mol. The first-order valence-electron chi connectivity index (χ1n) is 6.03. The largest absolute Gasteiger partial charge is 0.467 e. The maximum atomic E-state index is 12.1. The lowest BCUT2D eigenvalue weighted by Gasteiger charge is -2.35. The quantitative estimate of drug-likeness (QED) is 0.849. The molecular formula is C14H18ClNO2. The Hall–Kier alpha value is -1.22. The number of hydrogen-bond donors (Lipinski definition) is 1. The highest BCUT2D eigenvalue weighted by Gasteiger charge is 2.58. The van der Waals surface area contributed by atoms with Gasteiger partial charge in [-0.1, -0.05) is 18.5 Å². The zero-order valence-electron chi connectivity index (χ0n) is 10.9. The van der Waals surface area contributed by atoms with Gasteiger partial charge in [0, 0.05) is 16.1 Å². The smallest absolute Gasteiger partial charge is 0.331 e. The second kappa shape index (κ2) is 4.47. The fraction of sp³-hybridized carbons (Fsp3) is 0.500. The first-order valence-corrected chi connectivity index (χ1v) is 6.41. The molecule has 0 heterocycles.